The normalized spacial score (nSPS) is 17.8. The minimum Gasteiger partial charge on any atom is -0.300 e. The lowest BCUT2D eigenvalue weighted by atomic mass is 10.2. The summed E-state index contributed by atoms with van der Waals surface area (Å²) in [6.07, 6.45) is 1.20. The molecular weight excluding hydrogens is 318 g/mol. The number of nitrogens with one attached hydrogen (secondary N) is 1. The molecule has 1 aliphatic heterocycles. The standard InChI is InChI=1S/C17H12F2N2OS/c1-10-5-2-3-8-14(10)20-17-21-16(22)15(23-17)9-11-12(18)6-4-7-13(11)19/h2-9H,1H3,(H,20,21,22)/b15-9-. The molecule has 0 aromatic heterocycles. The second kappa shape index (κ2) is 6.34. The van der Waals surface area contributed by atoms with Gasteiger partial charge in [0.1, 0.15) is 11.6 Å². The molecule has 0 atom stereocenters. The van der Waals surface area contributed by atoms with E-state index in [2.05, 4.69) is 10.3 Å². The molecule has 0 unspecified atom stereocenters. The fourth-order valence-corrected chi connectivity index (χ4v) is 2.88. The van der Waals surface area contributed by atoms with Crippen LogP contribution in [-0.2, 0) is 4.79 Å². The molecule has 1 aliphatic rings. The maximum Gasteiger partial charge on any atom is 0.264 e. The Morgan fingerprint density at radius 3 is 2.48 bits per heavy atom. The number of hydrogen-bond acceptors (Lipinski definition) is 3. The number of rotatable bonds is 2. The summed E-state index contributed by atoms with van der Waals surface area (Å²) in [4.78, 5) is 16.5. The zero-order valence-electron chi connectivity index (χ0n) is 12.1. The van der Waals surface area contributed by atoms with Crippen molar-refractivity contribution in [3.8, 4) is 0 Å². The Labute approximate surface area is 136 Å². The smallest absolute Gasteiger partial charge is 0.264 e. The van der Waals surface area contributed by atoms with E-state index in [4.69, 9.17) is 0 Å². The summed E-state index contributed by atoms with van der Waals surface area (Å²) in [5.41, 5.74) is 1.46. The molecule has 0 radical (unpaired) electrons. The number of hydrogen-bond donors (Lipinski definition) is 1. The second-order valence-electron chi connectivity index (χ2n) is 4.90. The van der Waals surface area contributed by atoms with Crippen LogP contribution in [0.4, 0.5) is 14.5 Å². The molecule has 3 nitrogen and oxygen atoms in total. The Morgan fingerprint density at radius 1 is 1.09 bits per heavy atom. The molecule has 23 heavy (non-hydrogen) atoms. The molecule has 1 heterocycles. The van der Waals surface area contributed by atoms with Crippen LogP contribution < -0.4 is 5.32 Å². The molecule has 1 saturated heterocycles. The van der Waals surface area contributed by atoms with E-state index in [1.807, 2.05) is 31.2 Å². The van der Waals surface area contributed by atoms with Crippen molar-refractivity contribution in [3.05, 3.63) is 70.1 Å². The first-order chi connectivity index (χ1) is 11.0. The van der Waals surface area contributed by atoms with Gasteiger partial charge in [0.25, 0.3) is 5.91 Å². The van der Waals surface area contributed by atoms with E-state index < -0.39 is 17.5 Å². The monoisotopic (exact) mass is 330 g/mol. The summed E-state index contributed by atoms with van der Waals surface area (Å²) in [5.74, 6) is -1.85. The van der Waals surface area contributed by atoms with Crippen molar-refractivity contribution in [2.75, 3.05) is 0 Å². The molecule has 6 heteroatoms. The van der Waals surface area contributed by atoms with E-state index >= 15 is 0 Å². The molecule has 116 valence electrons. The highest BCUT2D eigenvalue weighted by Gasteiger charge is 2.25. The van der Waals surface area contributed by atoms with Gasteiger partial charge in [0.15, 0.2) is 5.17 Å². The Morgan fingerprint density at radius 2 is 1.78 bits per heavy atom. The predicted molar refractivity (Wildman–Crippen MR) is 88.3 cm³/mol. The predicted octanol–water partition coefficient (Wildman–Crippen LogP) is 4.16. The lowest BCUT2D eigenvalue weighted by Gasteiger charge is -2.00. The maximum absolute atomic E-state index is 13.7. The highest BCUT2D eigenvalue weighted by atomic mass is 32.2. The van der Waals surface area contributed by atoms with Gasteiger partial charge >= 0.3 is 0 Å². The average molecular weight is 330 g/mol. The molecule has 0 spiro atoms. The number of aryl methyl sites for hydroxylation is 1. The highest BCUT2D eigenvalue weighted by molar-refractivity contribution is 8.18. The Bertz CT molecular complexity index is 826. The second-order valence-corrected chi connectivity index (χ2v) is 5.93. The summed E-state index contributed by atoms with van der Waals surface area (Å²) >= 11 is 1.05. The molecule has 1 fully saturated rings. The van der Waals surface area contributed by atoms with Gasteiger partial charge in [0.05, 0.1) is 10.6 Å². The number of nitrogens with zero attached hydrogens (tertiary/aromatic N) is 1. The van der Waals surface area contributed by atoms with Gasteiger partial charge in [0.2, 0.25) is 0 Å². The van der Waals surface area contributed by atoms with E-state index in [-0.39, 0.29) is 10.5 Å². The van der Waals surface area contributed by atoms with Gasteiger partial charge < -0.3 is 5.32 Å². The van der Waals surface area contributed by atoms with Crippen LogP contribution in [0.2, 0.25) is 0 Å². The third-order valence-electron chi connectivity index (χ3n) is 3.26. The lowest BCUT2D eigenvalue weighted by molar-refractivity contribution is -0.115. The fourth-order valence-electron chi connectivity index (χ4n) is 2.06. The van der Waals surface area contributed by atoms with Gasteiger partial charge in [-0.1, -0.05) is 24.3 Å². The summed E-state index contributed by atoms with van der Waals surface area (Å²) in [6, 6.07) is 11.1. The van der Waals surface area contributed by atoms with E-state index in [1.165, 1.54) is 12.1 Å². The molecule has 1 N–H and O–H groups in total. The van der Waals surface area contributed by atoms with Crippen LogP contribution in [0.5, 0.6) is 0 Å². The van der Waals surface area contributed by atoms with Crippen LogP contribution in [0, 0.1) is 18.6 Å². The van der Waals surface area contributed by atoms with E-state index in [0.29, 0.717) is 5.17 Å². The first-order valence-corrected chi connectivity index (χ1v) is 7.65. The Balaban J connectivity index is 1.91. The first kappa shape index (κ1) is 15.4. The van der Waals surface area contributed by atoms with Crippen molar-refractivity contribution in [2.45, 2.75) is 6.92 Å². The van der Waals surface area contributed by atoms with Crippen molar-refractivity contribution >= 4 is 34.6 Å². The van der Waals surface area contributed by atoms with Gasteiger partial charge in [-0.15, -0.1) is 0 Å². The number of carbonyl (C=O) groups is 1. The third kappa shape index (κ3) is 3.32. The largest absolute Gasteiger partial charge is 0.300 e. The van der Waals surface area contributed by atoms with Gasteiger partial charge in [0, 0.05) is 5.56 Å². The topological polar surface area (TPSA) is 41.5 Å². The van der Waals surface area contributed by atoms with Crippen LogP contribution in [0.1, 0.15) is 11.1 Å². The molecule has 2 aromatic carbocycles. The van der Waals surface area contributed by atoms with E-state index in [9.17, 15) is 13.6 Å². The summed E-state index contributed by atoms with van der Waals surface area (Å²) in [7, 11) is 0. The van der Waals surface area contributed by atoms with Crippen molar-refractivity contribution in [3.63, 3.8) is 0 Å². The molecule has 1 amide bonds. The summed E-state index contributed by atoms with van der Waals surface area (Å²) in [5, 5.41) is 2.98. The summed E-state index contributed by atoms with van der Waals surface area (Å²) < 4.78 is 27.3. The van der Waals surface area contributed by atoms with Crippen LogP contribution >= 0.6 is 11.8 Å². The van der Waals surface area contributed by atoms with E-state index in [1.54, 1.807) is 0 Å². The van der Waals surface area contributed by atoms with Crippen molar-refractivity contribution < 1.29 is 13.6 Å². The average Bonchev–Trinajstić information content (AvgIpc) is 2.85. The number of amidine groups is 1. The Hall–Kier alpha value is -2.47. The van der Waals surface area contributed by atoms with Gasteiger partial charge in [-0.2, -0.15) is 0 Å². The number of para-hydroxylation sites is 1. The lowest BCUT2D eigenvalue weighted by Crippen LogP contribution is -2.19. The molecule has 0 bridgehead atoms. The number of benzene rings is 2. The minimum atomic E-state index is -0.713. The number of halogens is 2. The van der Waals surface area contributed by atoms with Crippen molar-refractivity contribution in [1.82, 2.24) is 5.32 Å². The fraction of sp³-hybridized carbons (Fsp3) is 0.0588. The van der Waals surface area contributed by atoms with Gasteiger partial charge in [-0.3, -0.25) is 4.79 Å². The molecular formula is C17H12F2N2OS. The number of carbonyl (C=O) groups excluding carboxylic acids is 1. The number of thioether (sulfide) groups is 1. The Kier molecular flexibility index (Phi) is 4.25. The molecule has 0 saturated carbocycles. The van der Waals surface area contributed by atoms with Gasteiger partial charge in [-0.25, -0.2) is 13.8 Å². The van der Waals surface area contributed by atoms with Gasteiger partial charge in [-0.05, 0) is 48.5 Å². The third-order valence-corrected chi connectivity index (χ3v) is 4.17. The molecule has 2 aromatic rings. The van der Waals surface area contributed by atoms with Crippen molar-refractivity contribution in [1.29, 1.82) is 0 Å². The van der Waals surface area contributed by atoms with Crippen LogP contribution in [0.15, 0.2) is 52.4 Å². The number of aliphatic imine (C=N–C) groups is 1. The van der Waals surface area contributed by atoms with Crippen LogP contribution in [0.25, 0.3) is 6.08 Å². The highest BCUT2D eigenvalue weighted by Crippen LogP contribution is 2.30. The van der Waals surface area contributed by atoms with Crippen LogP contribution in [-0.4, -0.2) is 11.1 Å². The molecule has 3 rings (SSSR count). The first-order valence-electron chi connectivity index (χ1n) is 6.84. The van der Waals surface area contributed by atoms with Crippen LogP contribution in [0.3, 0.4) is 0 Å². The zero-order chi connectivity index (χ0) is 16.4. The molecule has 0 aliphatic carbocycles. The van der Waals surface area contributed by atoms with Crippen molar-refractivity contribution in [2.24, 2.45) is 4.99 Å². The maximum atomic E-state index is 13.7. The SMILES string of the molecule is Cc1ccccc1N=C1NC(=O)/C(=C/c2c(F)cccc2F)S1. The quantitative estimate of drug-likeness (QED) is 0.840. The van der Waals surface area contributed by atoms with E-state index in [0.717, 1.165) is 35.1 Å². The summed E-state index contributed by atoms with van der Waals surface area (Å²) in [6.45, 7) is 1.91. The minimum absolute atomic E-state index is 0.196. The number of amides is 1. The zero-order valence-corrected chi connectivity index (χ0v) is 13.0.